The van der Waals surface area contributed by atoms with Crippen molar-refractivity contribution in [1.82, 2.24) is 9.80 Å². The van der Waals surface area contributed by atoms with Crippen molar-refractivity contribution in [2.45, 2.75) is 6.42 Å². The lowest BCUT2D eigenvalue weighted by atomic mass is 9.97. The second-order valence-corrected chi connectivity index (χ2v) is 7.61. The Balaban J connectivity index is 1.39. The van der Waals surface area contributed by atoms with Gasteiger partial charge in [-0.1, -0.05) is 78.9 Å². The molecule has 30 heavy (non-hydrogen) atoms. The molecule has 0 atom stereocenters. The normalized spacial score (nSPS) is 14.5. The molecule has 0 N–H and O–H groups in total. The standard InChI is InChI=1S/C26H26N2O2/c29-25(22-11-5-2-6-12-22)23-13-7-8-14-24(23)26(30)28-19-17-27(18-20-28)16-15-21-9-3-1-4-10-21/h1-14H,15-20H2. The van der Waals surface area contributed by atoms with Crippen LogP contribution in [0.15, 0.2) is 84.9 Å². The van der Waals surface area contributed by atoms with Gasteiger partial charge in [0.2, 0.25) is 0 Å². The van der Waals surface area contributed by atoms with Gasteiger partial charge in [-0.25, -0.2) is 0 Å². The molecule has 3 aromatic rings. The molecule has 0 radical (unpaired) electrons. The molecule has 0 bridgehead atoms. The Morgan fingerprint density at radius 1 is 0.667 bits per heavy atom. The Kier molecular flexibility index (Phi) is 6.35. The summed E-state index contributed by atoms with van der Waals surface area (Å²) in [5.41, 5.74) is 2.90. The van der Waals surface area contributed by atoms with Crippen molar-refractivity contribution in [1.29, 1.82) is 0 Å². The zero-order valence-electron chi connectivity index (χ0n) is 17.0. The molecule has 1 aliphatic heterocycles. The van der Waals surface area contributed by atoms with Crippen LogP contribution in [0.25, 0.3) is 0 Å². The largest absolute Gasteiger partial charge is 0.336 e. The monoisotopic (exact) mass is 398 g/mol. The van der Waals surface area contributed by atoms with E-state index in [4.69, 9.17) is 0 Å². The Morgan fingerprint density at radius 2 is 1.23 bits per heavy atom. The topological polar surface area (TPSA) is 40.6 Å². The van der Waals surface area contributed by atoms with Gasteiger partial charge < -0.3 is 4.90 Å². The molecule has 4 heteroatoms. The number of amides is 1. The van der Waals surface area contributed by atoms with Gasteiger partial charge in [0.1, 0.15) is 0 Å². The highest BCUT2D eigenvalue weighted by atomic mass is 16.2. The van der Waals surface area contributed by atoms with E-state index in [1.165, 1.54) is 5.56 Å². The predicted molar refractivity (Wildman–Crippen MR) is 119 cm³/mol. The van der Waals surface area contributed by atoms with Crippen LogP contribution in [-0.4, -0.2) is 54.2 Å². The van der Waals surface area contributed by atoms with E-state index >= 15 is 0 Å². The summed E-state index contributed by atoms with van der Waals surface area (Å²) in [5, 5.41) is 0. The fourth-order valence-electron chi connectivity index (χ4n) is 3.89. The summed E-state index contributed by atoms with van der Waals surface area (Å²) < 4.78 is 0. The van der Waals surface area contributed by atoms with Gasteiger partial charge in [-0.05, 0) is 18.1 Å². The first-order valence-corrected chi connectivity index (χ1v) is 10.5. The summed E-state index contributed by atoms with van der Waals surface area (Å²) in [6.07, 6.45) is 1.02. The Bertz CT molecular complexity index is 994. The predicted octanol–water partition coefficient (Wildman–Crippen LogP) is 3.92. The van der Waals surface area contributed by atoms with E-state index in [2.05, 4.69) is 29.2 Å². The van der Waals surface area contributed by atoms with Crippen LogP contribution in [0, 0.1) is 0 Å². The zero-order chi connectivity index (χ0) is 20.8. The van der Waals surface area contributed by atoms with Crippen LogP contribution in [0.1, 0.15) is 31.8 Å². The van der Waals surface area contributed by atoms with Gasteiger partial charge in [0, 0.05) is 43.9 Å². The van der Waals surface area contributed by atoms with Gasteiger partial charge in [-0.2, -0.15) is 0 Å². The molecule has 1 heterocycles. The SMILES string of the molecule is O=C(c1ccccc1)c1ccccc1C(=O)N1CCN(CCc2ccccc2)CC1. The molecule has 0 saturated carbocycles. The second-order valence-electron chi connectivity index (χ2n) is 7.61. The summed E-state index contributed by atoms with van der Waals surface area (Å²) in [5.74, 6) is -0.168. The first-order valence-electron chi connectivity index (χ1n) is 10.5. The van der Waals surface area contributed by atoms with Gasteiger partial charge in [-0.15, -0.1) is 0 Å². The first kappa shape index (κ1) is 20.0. The smallest absolute Gasteiger partial charge is 0.254 e. The van der Waals surface area contributed by atoms with Crippen LogP contribution < -0.4 is 0 Å². The number of hydrogen-bond donors (Lipinski definition) is 0. The average Bonchev–Trinajstić information content (AvgIpc) is 2.83. The van der Waals surface area contributed by atoms with Crippen LogP contribution in [0.4, 0.5) is 0 Å². The van der Waals surface area contributed by atoms with E-state index in [1.54, 1.807) is 24.3 Å². The molecule has 0 unspecified atom stereocenters. The molecular weight excluding hydrogens is 372 g/mol. The lowest BCUT2D eigenvalue weighted by Crippen LogP contribution is -2.49. The van der Waals surface area contributed by atoms with E-state index in [-0.39, 0.29) is 11.7 Å². The third kappa shape index (κ3) is 4.66. The van der Waals surface area contributed by atoms with Gasteiger partial charge >= 0.3 is 0 Å². The minimum Gasteiger partial charge on any atom is -0.336 e. The summed E-state index contributed by atoms with van der Waals surface area (Å²) >= 11 is 0. The molecule has 4 rings (SSSR count). The molecular formula is C26H26N2O2. The number of piperazine rings is 1. The number of rotatable bonds is 6. The maximum absolute atomic E-state index is 13.2. The third-order valence-electron chi connectivity index (χ3n) is 5.66. The maximum atomic E-state index is 13.2. The van der Waals surface area contributed by atoms with Crippen molar-refractivity contribution in [2.24, 2.45) is 0 Å². The number of nitrogens with zero attached hydrogens (tertiary/aromatic N) is 2. The number of hydrogen-bond acceptors (Lipinski definition) is 3. The highest BCUT2D eigenvalue weighted by molar-refractivity contribution is 6.15. The van der Waals surface area contributed by atoms with Gasteiger partial charge in [0.25, 0.3) is 5.91 Å². The molecule has 1 saturated heterocycles. The van der Waals surface area contributed by atoms with Crippen LogP contribution in [-0.2, 0) is 6.42 Å². The van der Waals surface area contributed by atoms with E-state index in [9.17, 15) is 9.59 Å². The summed E-state index contributed by atoms with van der Waals surface area (Å²) in [6, 6.07) is 26.8. The number of benzene rings is 3. The quantitative estimate of drug-likeness (QED) is 0.591. The van der Waals surface area contributed by atoms with Gasteiger partial charge in [0.15, 0.2) is 5.78 Å². The van der Waals surface area contributed by atoms with Gasteiger partial charge in [0.05, 0.1) is 5.56 Å². The molecule has 0 aromatic heterocycles. The van der Waals surface area contributed by atoms with E-state index in [0.717, 1.165) is 26.1 Å². The van der Waals surface area contributed by atoms with Gasteiger partial charge in [-0.3, -0.25) is 14.5 Å². The number of carbonyl (C=O) groups is 2. The fraction of sp³-hybridized carbons (Fsp3) is 0.231. The Hall–Kier alpha value is -3.24. The van der Waals surface area contributed by atoms with E-state index in [0.29, 0.717) is 29.8 Å². The lowest BCUT2D eigenvalue weighted by Gasteiger charge is -2.35. The number of ketones is 1. The third-order valence-corrected chi connectivity index (χ3v) is 5.66. The number of carbonyl (C=O) groups excluding carboxylic acids is 2. The first-order chi connectivity index (χ1) is 14.7. The van der Waals surface area contributed by atoms with Crippen LogP contribution >= 0.6 is 0 Å². The summed E-state index contributed by atoms with van der Waals surface area (Å²) in [4.78, 5) is 30.4. The molecule has 1 fully saturated rings. The van der Waals surface area contributed by atoms with Crippen LogP contribution in [0.2, 0.25) is 0 Å². The van der Waals surface area contributed by atoms with Crippen molar-refractivity contribution in [3.63, 3.8) is 0 Å². The molecule has 4 nitrogen and oxygen atoms in total. The molecule has 1 aliphatic rings. The Morgan fingerprint density at radius 3 is 1.90 bits per heavy atom. The van der Waals surface area contributed by atoms with Crippen molar-refractivity contribution >= 4 is 11.7 Å². The highest BCUT2D eigenvalue weighted by Crippen LogP contribution is 2.18. The minimum atomic E-state index is -0.110. The highest BCUT2D eigenvalue weighted by Gasteiger charge is 2.25. The molecule has 0 spiro atoms. The van der Waals surface area contributed by atoms with E-state index < -0.39 is 0 Å². The molecule has 1 amide bonds. The minimum absolute atomic E-state index is 0.0578. The van der Waals surface area contributed by atoms with Crippen molar-refractivity contribution in [3.8, 4) is 0 Å². The van der Waals surface area contributed by atoms with Crippen molar-refractivity contribution in [2.75, 3.05) is 32.7 Å². The molecule has 3 aromatic carbocycles. The zero-order valence-corrected chi connectivity index (χ0v) is 17.0. The fourth-order valence-corrected chi connectivity index (χ4v) is 3.89. The van der Waals surface area contributed by atoms with Crippen LogP contribution in [0.3, 0.4) is 0 Å². The van der Waals surface area contributed by atoms with Crippen molar-refractivity contribution < 1.29 is 9.59 Å². The summed E-state index contributed by atoms with van der Waals surface area (Å²) in [7, 11) is 0. The average molecular weight is 399 g/mol. The maximum Gasteiger partial charge on any atom is 0.254 e. The Labute approximate surface area is 177 Å². The van der Waals surface area contributed by atoms with Crippen LogP contribution in [0.5, 0.6) is 0 Å². The second kappa shape index (κ2) is 9.51. The van der Waals surface area contributed by atoms with E-state index in [1.807, 2.05) is 41.3 Å². The molecule has 0 aliphatic carbocycles. The summed E-state index contributed by atoms with van der Waals surface area (Å²) in [6.45, 7) is 4.07. The molecule has 152 valence electrons. The van der Waals surface area contributed by atoms with Crippen molar-refractivity contribution in [3.05, 3.63) is 107 Å². The lowest BCUT2D eigenvalue weighted by molar-refractivity contribution is 0.0635.